The van der Waals surface area contributed by atoms with Crippen molar-refractivity contribution in [2.24, 2.45) is 5.73 Å². The Morgan fingerprint density at radius 2 is 2.43 bits per heavy atom. The standard InChI is InChI=1S/C11H17NO2/c1-9(2)3-4-13-8-11-5-10(6-12)7-14-11/h5,7H,1,3-4,6,8,12H2,2H3. The third-order valence-electron chi connectivity index (χ3n) is 1.86. The van der Waals surface area contributed by atoms with Crippen LogP contribution >= 0.6 is 0 Å². The van der Waals surface area contributed by atoms with Gasteiger partial charge >= 0.3 is 0 Å². The van der Waals surface area contributed by atoms with E-state index < -0.39 is 0 Å². The maximum Gasteiger partial charge on any atom is 0.129 e. The van der Waals surface area contributed by atoms with Gasteiger partial charge in [-0.2, -0.15) is 0 Å². The molecule has 0 saturated heterocycles. The summed E-state index contributed by atoms with van der Waals surface area (Å²) in [5, 5.41) is 0. The second-order valence-corrected chi connectivity index (χ2v) is 3.39. The van der Waals surface area contributed by atoms with Crippen LogP contribution in [0.5, 0.6) is 0 Å². The molecule has 78 valence electrons. The maximum absolute atomic E-state index is 5.45. The Hall–Kier alpha value is -1.06. The summed E-state index contributed by atoms with van der Waals surface area (Å²) in [4.78, 5) is 0. The fourth-order valence-electron chi connectivity index (χ4n) is 1.03. The van der Waals surface area contributed by atoms with Crippen LogP contribution in [-0.4, -0.2) is 6.61 Å². The molecule has 0 fully saturated rings. The van der Waals surface area contributed by atoms with Crippen molar-refractivity contribution in [3.8, 4) is 0 Å². The molecular weight excluding hydrogens is 178 g/mol. The number of rotatable bonds is 6. The van der Waals surface area contributed by atoms with Gasteiger partial charge in [0.2, 0.25) is 0 Å². The highest BCUT2D eigenvalue weighted by atomic mass is 16.5. The van der Waals surface area contributed by atoms with Crippen LogP contribution in [0, 0.1) is 0 Å². The van der Waals surface area contributed by atoms with Crippen molar-refractivity contribution in [2.75, 3.05) is 6.61 Å². The minimum absolute atomic E-state index is 0.507. The first kappa shape index (κ1) is 11.0. The Labute approximate surface area is 84.5 Å². The molecule has 1 rings (SSSR count). The van der Waals surface area contributed by atoms with Crippen LogP contribution in [0.3, 0.4) is 0 Å². The minimum Gasteiger partial charge on any atom is -0.467 e. The second-order valence-electron chi connectivity index (χ2n) is 3.39. The third kappa shape index (κ3) is 3.77. The monoisotopic (exact) mass is 195 g/mol. The smallest absolute Gasteiger partial charge is 0.129 e. The van der Waals surface area contributed by atoms with E-state index in [1.807, 2.05) is 13.0 Å². The first-order valence-electron chi connectivity index (χ1n) is 4.71. The summed E-state index contributed by atoms with van der Waals surface area (Å²) in [6.45, 7) is 7.49. The van der Waals surface area contributed by atoms with Crippen molar-refractivity contribution in [3.05, 3.63) is 35.8 Å². The predicted octanol–water partition coefficient (Wildman–Crippen LogP) is 2.22. The first-order chi connectivity index (χ1) is 6.72. The van der Waals surface area contributed by atoms with Crippen molar-refractivity contribution in [2.45, 2.75) is 26.5 Å². The van der Waals surface area contributed by atoms with E-state index in [1.54, 1.807) is 6.26 Å². The molecule has 0 saturated carbocycles. The molecule has 0 unspecified atom stereocenters. The zero-order valence-corrected chi connectivity index (χ0v) is 8.58. The van der Waals surface area contributed by atoms with Gasteiger partial charge in [-0.25, -0.2) is 0 Å². The fourth-order valence-corrected chi connectivity index (χ4v) is 1.03. The third-order valence-corrected chi connectivity index (χ3v) is 1.86. The van der Waals surface area contributed by atoms with Gasteiger partial charge in [0.1, 0.15) is 12.4 Å². The topological polar surface area (TPSA) is 48.4 Å². The maximum atomic E-state index is 5.45. The number of hydrogen-bond donors (Lipinski definition) is 1. The Morgan fingerprint density at radius 3 is 3.00 bits per heavy atom. The molecule has 14 heavy (non-hydrogen) atoms. The predicted molar refractivity (Wildman–Crippen MR) is 55.7 cm³/mol. The first-order valence-corrected chi connectivity index (χ1v) is 4.71. The van der Waals surface area contributed by atoms with Crippen LogP contribution in [0.1, 0.15) is 24.7 Å². The van der Waals surface area contributed by atoms with E-state index in [0.29, 0.717) is 19.8 Å². The average Bonchev–Trinajstić information content (AvgIpc) is 2.60. The van der Waals surface area contributed by atoms with Gasteiger partial charge < -0.3 is 14.9 Å². The number of hydrogen-bond acceptors (Lipinski definition) is 3. The lowest BCUT2D eigenvalue weighted by Gasteiger charge is -2.00. The summed E-state index contributed by atoms with van der Waals surface area (Å²) in [6, 6.07) is 1.92. The molecule has 1 heterocycles. The van der Waals surface area contributed by atoms with Crippen molar-refractivity contribution in [1.29, 1.82) is 0 Å². The van der Waals surface area contributed by atoms with Gasteiger partial charge in [0.25, 0.3) is 0 Å². The lowest BCUT2D eigenvalue weighted by molar-refractivity contribution is 0.109. The van der Waals surface area contributed by atoms with E-state index in [-0.39, 0.29) is 0 Å². The molecule has 0 aliphatic heterocycles. The van der Waals surface area contributed by atoms with Gasteiger partial charge in [0.05, 0.1) is 12.9 Å². The van der Waals surface area contributed by atoms with Gasteiger partial charge in [-0.3, -0.25) is 0 Å². The van der Waals surface area contributed by atoms with E-state index in [2.05, 4.69) is 6.58 Å². The minimum atomic E-state index is 0.507. The Kier molecular flexibility index (Phi) is 4.43. The molecule has 0 amide bonds. The van der Waals surface area contributed by atoms with E-state index in [4.69, 9.17) is 14.9 Å². The van der Waals surface area contributed by atoms with Crippen LogP contribution in [0.15, 0.2) is 28.9 Å². The van der Waals surface area contributed by atoms with E-state index in [1.165, 1.54) is 0 Å². The SMILES string of the molecule is C=C(C)CCOCc1cc(CN)co1. The molecule has 2 N–H and O–H groups in total. The molecule has 3 nitrogen and oxygen atoms in total. The average molecular weight is 195 g/mol. The molecule has 0 atom stereocenters. The normalized spacial score (nSPS) is 10.4. The van der Waals surface area contributed by atoms with Gasteiger partial charge in [0, 0.05) is 12.1 Å². The zero-order valence-electron chi connectivity index (χ0n) is 8.58. The van der Waals surface area contributed by atoms with Gasteiger partial charge in [-0.05, 0) is 19.4 Å². The quantitative estimate of drug-likeness (QED) is 0.559. The highest BCUT2D eigenvalue weighted by molar-refractivity contribution is 5.11. The largest absolute Gasteiger partial charge is 0.467 e. The highest BCUT2D eigenvalue weighted by Gasteiger charge is 1.99. The van der Waals surface area contributed by atoms with Crippen molar-refractivity contribution in [1.82, 2.24) is 0 Å². The molecule has 3 heteroatoms. The van der Waals surface area contributed by atoms with Crippen LogP contribution < -0.4 is 5.73 Å². The fraction of sp³-hybridized carbons (Fsp3) is 0.455. The highest BCUT2D eigenvalue weighted by Crippen LogP contribution is 2.08. The molecular formula is C11H17NO2. The second kappa shape index (κ2) is 5.62. The summed E-state index contributed by atoms with van der Waals surface area (Å²) in [5.74, 6) is 0.826. The van der Waals surface area contributed by atoms with E-state index >= 15 is 0 Å². The number of furan rings is 1. The molecule has 0 aliphatic rings. The summed E-state index contributed by atoms with van der Waals surface area (Å²) in [5.41, 5.74) is 7.58. The molecule has 0 aromatic carbocycles. The van der Waals surface area contributed by atoms with E-state index in [0.717, 1.165) is 23.3 Å². The van der Waals surface area contributed by atoms with E-state index in [9.17, 15) is 0 Å². The number of ether oxygens (including phenoxy) is 1. The Balaban J connectivity index is 2.21. The molecule has 0 radical (unpaired) electrons. The van der Waals surface area contributed by atoms with Crippen molar-refractivity contribution in [3.63, 3.8) is 0 Å². The van der Waals surface area contributed by atoms with Crippen molar-refractivity contribution < 1.29 is 9.15 Å². The molecule has 0 aliphatic carbocycles. The van der Waals surface area contributed by atoms with Crippen LogP contribution in [0.25, 0.3) is 0 Å². The number of nitrogens with two attached hydrogens (primary N) is 1. The summed E-state index contributed by atoms with van der Waals surface area (Å²) in [6.07, 6.45) is 2.56. The zero-order chi connectivity index (χ0) is 10.4. The lowest BCUT2D eigenvalue weighted by atomic mass is 10.3. The summed E-state index contributed by atoms with van der Waals surface area (Å²) >= 11 is 0. The molecule has 0 bridgehead atoms. The van der Waals surface area contributed by atoms with Crippen LogP contribution in [0.2, 0.25) is 0 Å². The van der Waals surface area contributed by atoms with Crippen LogP contribution in [0.4, 0.5) is 0 Å². The van der Waals surface area contributed by atoms with Gasteiger partial charge in [-0.15, -0.1) is 6.58 Å². The molecule has 1 aromatic rings. The Morgan fingerprint density at radius 1 is 1.64 bits per heavy atom. The molecule has 0 spiro atoms. The van der Waals surface area contributed by atoms with Gasteiger partial charge in [0.15, 0.2) is 0 Å². The van der Waals surface area contributed by atoms with Gasteiger partial charge in [-0.1, -0.05) is 5.57 Å². The summed E-state index contributed by atoms with van der Waals surface area (Å²) in [7, 11) is 0. The van der Waals surface area contributed by atoms with Crippen LogP contribution in [-0.2, 0) is 17.9 Å². The molecule has 1 aromatic heterocycles. The van der Waals surface area contributed by atoms with Crippen molar-refractivity contribution >= 4 is 0 Å². The summed E-state index contributed by atoms with van der Waals surface area (Å²) < 4.78 is 10.6. The lowest BCUT2D eigenvalue weighted by Crippen LogP contribution is -1.95. The Bertz CT molecular complexity index is 291.